The molecular weight excluding hydrogens is 311 g/mol. The third-order valence-electron chi connectivity index (χ3n) is 3.34. The van der Waals surface area contributed by atoms with E-state index in [1.165, 1.54) is 12.1 Å². The molecule has 126 valence electrons. The number of ether oxygens (including phenoxy) is 1. The Bertz CT molecular complexity index is 570. The summed E-state index contributed by atoms with van der Waals surface area (Å²) in [4.78, 5) is 13.4. The van der Waals surface area contributed by atoms with Gasteiger partial charge < -0.3 is 20.3 Å². The van der Waals surface area contributed by atoms with Crippen LogP contribution in [0.15, 0.2) is 30.9 Å². The first kappa shape index (κ1) is 17.1. The smallest absolute Gasteiger partial charge is 0.378 e. The van der Waals surface area contributed by atoms with Crippen LogP contribution in [0.2, 0.25) is 0 Å². The topological polar surface area (TPSA) is 53.6 Å². The minimum atomic E-state index is -4.57. The van der Waals surface area contributed by atoms with Gasteiger partial charge in [-0.3, -0.25) is 0 Å². The maximum atomic E-state index is 13.3. The molecule has 1 saturated heterocycles. The minimum absolute atomic E-state index is 0.166. The number of rotatable bonds is 4. The molecule has 2 N–H and O–H groups in total. The molecule has 2 amide bonds. The molecule has 1 aromatic rings. The molecule has 1 aromatic carbocycles. The number of benzene rings is 1. The first-order valence-electron chi connectivity index (χ1n) is 7.11. The fourth-order valence-electron chi connectivity index (χ4n) is 2.23. The minimum Gasteiger partial charge on any atom is -0.378 e. The van der Waals surface area contributed by atoms with Gasteiger partial charge in [-0.2, -0.15) is 13.2 Å². The number of hydrogen-bond donors (Lipinski definition) is 2. The summed E-state index contributed by atoms with van der Waals surface area (Å²) in [6, 6.07) is 3.16. The summed E-state index contributed by atoms with van der Waals surface area (Å²) in [7, 11) is 0. The van der Waals surface area contributed by atoms with Crippen molar-refractivity contribution < 1.29 is 22.7 Å². The van der Waals surface area contributed by atoms with Gasteiger partial charge in [0.2, 0.25) is 0 Å². The number of hydrogen-bond acceptors (Lipinski definition) is 3. The summed E-state index contributed by atoms with van der Waals surface area (Å²) < 4.78 is 45.0. The molecule has 2 rings (SSSR count). The van der Waals surface area contributed by atoms with Crippen molar-refractivity contribution in [2.45, 2.75) is 6.18 Å². The Morgan fingerprint density at radius 2 is 2.04 bits per heavy atom. The molecule has 0 bridgehead atoms. The van der Waals surface area contributed by atoms with Crippen molar-refractivity contribution in [2.24, 2.45) is 0 Å². The van der Waals surface area contributed by atoms with Crippen LogP contribution in [0.25, 0.3) is 0 Å². The molecular formula is C15H18F3N3O2. The molecule has 0 saturated carbocycles. The van der Waals surface area contributed by atoms with Gasteiger partial charge in [0.1, 0.15) is 0 Å². The van der Waals surface area contributed by atoms with Crippen LogP contribution >= 0.6 is 0 Å². The van der Waals surface area contributed by atoms with E-state index in [1.54, 1.807) is 6.07 Å². The number of nitrogens with zero attached hydrogens (tertiary/aromatic N) is 1. The number of nitrogens with one attached hydrogen (secondary N) is 2. The van der Waals surface area contributed by atoms with Gasteiger partial charge in [0.05, 0.1) is 24.5 Å². The van der Waals surface area contributed by atoms with Crippen molar-refractivity contribution in [3.63, 3.8) is 0 Å². The van der Waals surface area contributed by atoms with Gasteiger partial charge in [-0.05, 0) is 18.2 Å². The average molecular weight is 329 g/mol. The number of morpholine rings is 1. The highest BCUT2D eigenvalue weighted by atomic mass is 19.4. The number of halogens is 3. The lowest BCUT2D eigenvalue weighted by molar-refractivity contribution is -0.136. The van der Waals surface area contributed by atoms with Crippen LogP contribution in [0, 0.1) is 0 Å². The van der Waals surface area contributed by atoms with E-state index in [9.17, 15) is 18.0 Å². The Balaban J connectivity index is 2.24. The van der Waals surface area contributed by atoms with Gasteiger partial charge in [-0.15, -0.1) is 6.58 Å². The van der Waals surface area contributed by atoms with E-state index < -0.39 is 17.8 Å². The summed E-state index contributed by atoms with van der Waals surface area (Å²) >= 11 is 0. The van der Waals surface area contributed by atoms with E-state index in [0.29, 0.717) is 32.0 Å². The third-order valence-corrected chi connectivity index (χ3v) is 3.34. The number of carbonyl (C=O) groups is 1. The highest BCUT2D eigenvalue weighted by Crippen LogP contribution is 2.37. The van der Waals surface area contributed by atoms with Gasteiger partial charge in [0.15, 0.2) is 0 Å². The third kappa shape index (κ3) is 4.62. The fraction of sp³-hybridized carbons (Fsp3) is 0.400. The first-order chi connectivity index (χ1) is 10.9. The van der Waals surface area contributed by atoms with Crippen LogP contribution in [0.4, 0.5) is 29.3 Å². The van der Waals surface area contributed by atoms with Crippen molar-refractivity contribution in [2.75, 3.05) is 43.1 Å². The zero-order chi connectivity index (χ0) is 16.9. The maximum Gasteiger partial charge on any atom is 0.418 e. The second kappa shape index (κ2) is 7.36. The van der Waals surface area contributed by atoms with E-state index in [0.717, 1.165) is 6.07 Å². The number of alkyl halides is 3. The quantitative estimate of drug-likeness (QED) is 0.835. The number of anilines is 2. The van der Waals surface area contributed by atoms with E-state index >= 15 is 0 Å². The van der Waals surface area contributed by atoms with Crippen LogP contribution in [0.5, 0.6) is 0 Å². The van der Waals surface area contributed by atoms with Crippen LogP contribution in [0.3, 0.4) is 0 Å². The van der Waals surface area contributed by atoms with Crippen molar-refractivity contribution in [3.05, 3.63) is 36.4 Å². The molecule has 1 aliphatic heterocycles. The molecule has 1 aliphatic rings. The van der Waals surface area contributed by atoms with E-state index in [-0.39, 0.29) is 12.2 Å². The standard InChI is InChI=1S/C15H18F3N3O2/c1-2-5-19-14(22)20-13-4-3-11(10-12(13)15(16,17)18)21-6-8-23-9-7-21/h2-4,10H,1,5-9H2,(H2,19,20,22). The second-order valence-corrected chi connectivity index (χ2v) is 4.95. The summed E-state index contributed by atoms with van der Waals surface area (Å²) in [5.41, 5.74) is -0.705. The molecule has 0 aromatic heterocycles. The maximum absolute atomic E-state index is 13.3. The Labute approximate surface area is 132 Å². The largest absolute Gasteiger partial charge is 0.418 e. The lowest BCUT2D eigenvalue weighted by atomic mass is 10.1. The van der Waals surface area contributed by atoms with Gasteiger partial charge >= 0.3 is 12.2 Å². The second-order valence-electron chi connectivity index (χ2n) is 4.95. The molecule has 0 radical (unpaired) electrons. The highest BCUT2D eigenvalue weighted by molar-refractivity contribution is 5.90. The predicted octanol–water partition coefficient (Wildman–Crippen LogP) is 2.85. The normalized spacial score (nSPS) is 15.2. The molecule has 1 heterocycles. The number of amides is 2. The summed E-state index contributed by atoms with van der Waals surface area (Å²) in [6.07, 6.45) is -3.13. The summed E-state index contributed by atoms with van der Waals surface area (Å²) in [5.74, 6) is 0. The van der Waals surface area contributed by atoms with Crippen LogP contribution in [-0.4, -0.2) is 38.9 Å². The molecule has 23 heavy (non-hydrogen) atoms. The molecule has 8 heteroatoms. The van der Waals surface area contributed by atoms with E-state index in [2.05, 4.69) is 17.2 Å². The zero-order valence-electron chi connectivity index (χ0n) is 12.4. The van der Waals surface area contributed by atoms with Gasteiger partial charge in [-0.1, -0.05) is 6.08 Å². The average Bonchev–Trinajstić information content (AvgIpc) is 2.53. The Kier molecular flexibility index (Phi) is 5.49. The molecule has 5 nitrogen and oxygen atoms in total. The lowest BCUT2D eigenvalue weighted by Crippen LogP contribution is -2.36. The van der Waals surface area contributed by atoms with Crippen molar-refractivity contribution in [3.8, 4) is 0 Å². The Morgan fingerprint density at radius 3 is 2.65 bits per heavy atom. The van der Waals surface area contributed by atoms with Crippen LogP contribution in [0.1, 0.15) is 5.56 Å². The van der Waals surface area contributed by atoms with Crippen molar-refractivity contribution in [1.82, 2.24) is 5.32 Å². The van der Waals surface area contributed by atoms with Crippen molar-refractivity contribution >= 4 is 17.4 Å². The van der Waals surface area contributed by atoms with Crippen LogP contribution in [-0.2, 0) is 10.9 Å². The lowest BCUT2D eigenvalue weighted by Gasteiger charge is -2.29. The van der Waals surface area contributed by atoms with E-state index in [1.807, 2.05) is 4.90 Å². The fourth-order valence-corrected chi connectivity index (χ4v) is 2.23. The van der Waals surface area contributed by atoms with E-state index in [4.69, 9.17) is 4.74 Å². The molecule has 0 spiro atoms. The van der Waals surface area contributed by atoms with Gasteiger partial charge in [0.25, 0.3) is 0 Å². The number of carbonyl (C=O) groups excluding carboxylic acids is 1. The predicted molar refractivity (Wildman–Crippen MR) is 81.7 cm³/mol. The molecule has 0 aliphatic carbocycles. The first-order valence-corrected chi connectivity index (χ1v) is 7.11. The summed E-state index contributed by atoms with van der Waals surface area (Å²) in [5, 5.41) is 4.60. The molecule has 1 fully saturated rings. The molecule has 0 unspecified atom stereocenters. The summed E-state index contributed by atoms with van der Waals surface area (Å²) in [6.45, 7) is 5.61. The van der Waals surface area contributed by atoms with Gasteiger partial charge in [0, 0.05) is 25.3 Å². The Morgan fingerprint density at radius 1 is 1.35 bits per heavy atom. The van der Waals surface area contributed by atoms with Crippen LogP contribution < -0.4 is 15.5 Å². The Hall–Kier alpha value is -2.22. The number of urea groups is 1. The molecule has 0 atom stereocenters. The van der Waals surface area contributed by atoms with Crippen molar-refractivity contribution in [1.29, 1.82) is 0 Å². The highest BCUT2D eigenvalue weighted by Gasteiger charge is 2.34. The monoisotopic (exact) mass is 329 g/mol. The van der Waals surface area contributed by atoms with Gasteiger partial charge in [-0.25, -0.2) is 4.79 Å². The zero-order valence-corrected chi connectivity index (χ0v) is 12.4. The SMILES string of the molecule is C=CCNC(=O)Nc1ccc(N2CCOCC2)cc1C(F)(F)F.